The number of benzene rings is 2. The second-order valence-corrected chi connectivity index (χ2v) is 4.15. The third-order valence-corrected chi connectivity index (χ3v) is 2.54. The number of esters is 1. The van der Waals surface area contributed by atoms with E-state index in [4.69, 9.17) is 4.74 Å². The van der Waals surface area contributed by atoms with Crippen LogP contribution in [0.3, 0.4) is 0 Å². The maximum atomic E-state index is 11.1. The zero-order valence-corrected chi connectivity index (χ0v) is 11.2. The first-order valence-electron chi connectivity index (χ1n) is 6.10. The summed E-state index contributed by atoms with van der Waals surface area (Å²) < 4.78 is 4.98. The van der Waals surface area contributed by atoms with Gasteiger partial charge in [-0.25, -0.2) is 0 Å². The zero-order chi connectivity index (χ0) is 15.2. The van der Waals surface area contributed by atoms with Gasteiger partial charge in [0.1, 0.15) is 0 Å². The van der Waals surface area contributed by atoms with Crippen LogP contribution in [0, 0.1) is 22.0 Å². The molecule has 0 amide bonds. The summed E-state index contributed by atoms with van der Waals surface area (Å²) in [5.41, 5.74) is 1.06. The van der Waals surface area contributed by atoms with Crippen molar-refractivity contribution in [1.29, 1.82) is 0 Å². The van der Waals surface area contributed by atoms with Gasteiger partial charge in [0.25, 0.3) is 5.69 Å². The number of ether oxygens (including phenoxy) is 1. The Morgan fingerprint density at radius 1 is 1.14 bits per heavy atom. The summed E-state index contributed by atoms with van der Waals surface area (Å²) in [7, 11) is 0. The van der Waals surface area contributed by atoms with E-state index in [0.717, 1.165) is 5.56 Å². The maximum Gasteiger partial charge on any atom is 0.308 e. The van der Waals surface area contributed by atoms with Gasteiger partial charge >= 0.3 is 5.97 Å². The molecule has 0 N–H and O–H groups in total. The van der Waals surface area contributed by atoms with Crippen molar-refractivity contribution in [2.24, 2.45) is 0 Å². The van der Waals surface area contributed by atoms with Gasteiger partial charge in [0.15, 0.2) is 5.75 Å². The molecule has 0 aliphatic rings. The summed E-state index contributed by atoms with van der Waals surface area (Å²) in [6.07, 6.45) is 0. The lowest BCUT2D eigenvalue weighted by molar-refractivity contribution is -0.384. The molecule has 0 aliphatic carbocycles. The van der Waals surface area contributed by atoms with E-state index in [2.05, 4.69) is 11.8 Å². The fraction of sp³-hybridized carbons (Fsp3) is 0.0625. The normalized spacial score (nSPS) is 9.38. The number of hydrogen-bond donors (Lipinski definition) is 0. The van der Waals surface area contributed by atoms with Crippen molar-refractivity contribution >= 4 is 11.7 Å². The topological polar surface area (TPSA) is 69.4 Å². The Morgan fingerprint density at radius 2 is 1.86 bits per heavy atom. The molecule has 0 radical (unpaired) electrons. The first kappa shape index (κ1) is 14.3. The van der Waals surface area contributed by atoms with Crippen LogP contribution in [-0.2, 0) is 4.79 Å². The summed E-state index contributed by atoms with van der Waals surface area (Å²) in [5.74, 6) is 5.29. The molecule has 0 aliphatic heterocycles. The molecule has 0 bridgehead atoms. The molecule has 2 aromatic rings. The van der Waals surface area contributed by atoms with E-state index in [1.807, 2.05) is 30.3 Å². The number of carbonyl (C=O) groups is 1. The van der Waals surface area contributed by atoms with Gasteiger partial charge in [-0.1, -0.05) is 30.0 Å². The zero-order valence-electron chi connectivity index (χ0n) is 11.2. The largest absolute Gasteiger partial charge is 0.425 e. The van der Waals surface area contributed by atoms with E-state index >= 15 is 0 Å². The predicted octanol–water partition coefficient (Wildman–Crippen LogP) is 2.92. The molecule has 0 aromatic heterocycles. The number of carbonyl (C=O) groups excluding carboxylic acids is 1. The van der Waals surface area contributed by atoms with Crippen LogP contribution in [0.4, 0.5) is 5.69 Å². The molecule has 0 fully saturated rings. The average molecular weight is 281 g/mol. The molecule has 0 atom stereocenters. The highest BCUT2D eigenvalue weighted by Crippen LogP contribution is 2.24. The highest BCUT2D eigenvalue weighted by atomic mass is 16.6. The number of non-ortho nitro benzene ring substituents is 1. The number of nitro benzene ring substituents is 1. The fourth-order valence-electron chi connectivity index (χ4n) is 1.63. The number of nitrogens with zero attached hydrogens (tertiary/aromatic N) is 1. The van der Waals surface area contributed by atoms with Crippen LogP contribution in [0.2, 0.25) is 0 Å². The Bertz CT molecular complexity index is 742. The van der Waals surface area contributed by atoms with Gasteiger partial charge in [-0.15, -0.1) is 0 Å². The van der Waals surface area contributed by atoms with Crippen LogP contribution >= 0.6 is 0 Å². The van der Waals surface area contributed by atoms with Crippen molar-refractivity contribution in [1.82, 2.24) is 0 Å². The molecular weight excluding hydrogens is 270 g/mol. The third kappa shape index (κ3) is 3.91. The predicted molar refractivity (Wildman–Crippen MR) is 76.8 cm³/mol. The Balaban J connectivity index is 2.41. The number of nitro groups is 1. The van der Waals surface area contributed by atoms with Crippen molar-refractivity contribution in [3.63, 3.8) is 0 Å². The van der Waals surface area contributed by atoms with Crippen LogP contribution in [-0.4, -0.2) is 10.9 Å². The van der Waals surface area contributed by atoms with E-state index < -0.39 is 10.9 Å². The molecule has 2 aromatic carbocycles. The Labute approximate surface area is 121 Å². The van der Waals surface area contributed by atoms with E-state index in [0.29, 0.717) is 5.56 Å². The standard InChI is InChI=1S/C16H11NO4/c1-12(18)21-16-11-15(17(19)20)10-9-14(16)8-7-13-5-3-2-4-6-13/h2-6,9-11H,1H3. The lowest BCUT2D eigenvalue weighted by Crippen LogP contribution is -2.03. The summed E-state index contributed by atoms with van der Waals surface area (Å²) in [6.45, 7) is 1.23. The highest BCUT2D eigenvalue weighted by Gasteiger charge is 2.12. The second-order valence-electron chi connectivity index (χ2n) is 4.15. The monoisotopic (exact) mass is 281 g/mol. The van der Waals surface area contributed by atoms with Crippen LogP contribution in [0.25, 0.3) is 0 Å². The van der Waals surface area contributed by atoms with E-state index in [9.17, 15) is 14.9 Å². The van der Waals surface area contributed by atoms with Crippen molar-refractivity contribution in [3.05, 3.63) is 69.8 Å². The third-order valence-electron chi connectivity index (χ3n) is 2.54. The van der Waals surface area contributed by atoms with Gasteiger partial charge < -0.3 is 4.74 Å². The first-order chi connectivity index (χ1) is 10.1. The summed E-state index contributed by atoms with van der Waals surface area (Å²) in [6, 6.07) is 13.2. The fourth-order valence-corrected chi connectivity index (χ4v) is 1.63. The van der Waals surface area contributed by atoms with Crippen molar-refractivity contribution in [2.45, 2.75) is 6.92 Å². The summed E-state index contributed by atoms with van der Waals surface area (Å²) in [5, 5.41) is 10.8. The van der Waals surface area contributed by atoms with Gasteiger partial charge in [0.2, 0.25) is 0 Å². The molecule has 5 heteroatoms. The quantitative estimate of drug-likeness (QED) is 0.279. The number of rotatable bonds is 2. The Morgan fingerprint density at radius 3 is 2.48 bits per heavy atom. The van der Waals surface area contributed by atoms with Gasteiger partial charge in [-0.05, 0) is 18.2 Å². The molecular formula is C16H11NO4. The smallest absolute Gasteiger partial charge is 0.308 e. The SMILES string of the molecule is CC(=O)Oc1cc([N+](=O)[O-])ccc1C#Cc1ccccc1. The highest BCUT2D eigenvalue weighted by molar-refractivity contribution is 5.71. The van der Waals surface area contributed by atoms with Crippen molar-refractivity contribution in [2.75, 3.05) is 0 Å². The molecule has 0 saturated heterocycles. The second kappa shape index (κ2) is 6.35. The Hall–Kier alpha value is -3.13. The molecule has 21 heavy (non-hydrogen) atoms. The van der Waals surface area contributed by atoms with Crippen LogP contribution in [0.5, 0.6) is 5.75 Å². The molecule has 5 nitrogen and oxygen atoms in total. The minimum Gasteiger partial charge on any atom is -0.425 e. The molecule has 0 heterocycles. The lowest BCUT2D eigenvalue weighted by Gasteiger charge is -2.03. The summed E-state index contributed by atoms with van der Waals surface area (Å²) >= 11 is 0. The van der Waals surface area contributed by atoms with E-state index in [-0.39, 0.29) is 11.4 Å². The minimum absolute atomic E-state index is 0.0835. The van der Waals surface area contributed by atoms with Gasteiger partial charge in [0.05, 0.1) is 16.6 Å². The molecule has 0 saturated carbocycles. The van der Waals surface area contributed by atoms with Crippen LogP contribution < -0.4 is 4.74 Å². The minimum atomic E-state index is -0.557. The van der Waals surface area contributed by atoms with Crippen LogP contribution in [0.1, 0.15) is 18.1 Å². The molecule has 0 unspecified atom stereocenters. The van der Waals surface area contributed by atoms with Gasteiger partial charge in [-0.2, -0.15) is 0 Å². The van der Waals surface area contributed by atoms with E-state index in [1.54, 1.807) is 0 Å². The molecule has 0 spiro atoms. The van der Waals surface area contributed by atoms with Crippen molar-refractivity contribution < 1.29 is 14.5 Å². The molecule has 104 valence electrons. The van der Waals surface area contributed by atoms with Crippen LogP contribution in [0.15, 0.2) is 48.5 Å². The van der Waals surface area contributed by atoms with Gasteiger partial charge in [0, 0.05) is 18.6 Å². The maximum absolute atomic E-state index is 11.1. The molecule has 2 rings (SSSR count). The van der Waals surface area contributed by atoms with Crippen molar-refractivity contribution in [3.8, 4) is 17.6 Å². The summed E-state index contributed by atoms with van der Waals surface area (Å²) in [4.78, 5) is 21.3. The van der Waals surface area contributed by atoms with Gasteiger partial charge in [-0.3, -0.25) is 14.9 Å². The Kier molecular flexibility index (Phi) is 4.32. The van der Waals surface area contributed by atoms with E-state index in [1.165, 1.54) is 25.1 Å². The average Bonchev–Trinajstić information content (AvgIpc) is 2.46. The lowest BCUT2D eigenvalue weighted by atomic mass is 10.1. The number of hydrogen-bond acceptors (Lipinski definition) is 4. The first-order valence-corrected chi connectivity index (χ1v) is 6.10.